The molecule has 88 valence electrons. The number of aryl methyl sites for hydroxylation is 1. The molecule has 3 nitrogen and oxygen atoms in total. The van der Waals surface area contributed by atoms with E-state index in [1.54, 1.807) is 0 Å². The van der Waals surface area contributed by atoms with Crippen LogP contribution in [0.3, 0.4) is 0 Å². The van der Waals surface area contributed by atoms with E-state index in [1.807, 2.05) is 17.9 Å². The fourth-order valence-corrected chi connectivity index (χ4v) is 3.53. The van der Waals surface area contributed by atoms with Gasteiger partial charge < -0.3 is 5.32 Å². The molecule has 0 amide bonds. The maximum absolute atomic E-state index is 4.24. The van der Waals surface area contributed by atoms with Crippen molar-refractivity contribution in [3.05, 3.63) is 18.0 Å². The summed E-state index contributed by atoms with van der Waals surface area (Å²) in [5.41, 5.74) is 1.31. The van der Waals surface area contributed by atoms with Gasteiger partial charge in [-0.3, -0.25) is 4.68 Å². The van der Waals surface area contributed by atoms with E-state index in [9.17, 15) is 0 Å². The second-order valence-electron chi connectivity index (χ2n) is 5.62. The zero-order valence-corrected chi connectivity index (χ0v) is 10.2. The standard InChI is InChI=1S/C13H21N3/c1-9(12-7-14-16(2)8-12)15-13-6-10-3-4-11(13)5-10/h7-11,13,15H,3-6H2,1-2H3. The van der Waals surface area contributed by atoms with Crippen molar-refractivity contribution >= 4 is 0 Å². The van der Waals surface area contributed by atoms with Crippen molar-refractivity contribution in [2.45, 2.75) is 44.7 Å². The van der Waals surface area contributed by atoms with Crippen molar-refractivity contribution in [3.8, 4) is 0 Å². The third-order valence-corrected chi connectivity index (χ3v) is 4.43. The Balaban J connectivity index is 1.62. The Labute approximate surface area is 97.2 Å². The van der Waals surface area contributed by atoms with Crippen LogP contribution in [0.5, 0.6) is 0 Å². The van der Waals surface area contributed by atoms with E-state index in [1.165, 1.54) is 31.2 Å². The van der Waals surface area contributed by atoms with Crippen LogP contribution >= 0.6 is 0 Å². The van der Waals surface area contributed by atoms with Crippen LogP contribution in [0, 0.1) is 11.8 Å². The number of aromatic nitrogens is 2. The highest BCUT2D eigenvalue weighted by atomic mass is 15.2. The van der Waals surface area contributed by atoms with Gasteiger partial charge in [-0.15, -0.1) is 0 Å². The molecule has 4 atom stereocenters. The van der Waals surface area contributed by atoms with Crippen molar-refractivity contribution in [3.63, 3.8) is 0 Å². The van der Waals surface area contributed by atoms with Crippen molar-refractivity contribution in [2.75, 3.05) is 0 Å². The van der Waals surface area contributed by atoms with E-state index in [0.29, 0.717) is 6.04 Å². The molecular weight excluding hydrogens is 198 g/mol. The molecule has 1 aromatic rings. The fraction of sp³-hybridized carbons (Fsp3) is 0.769. The molecule has 0 radical (unpaired) electrons. The number of nitrogens with one attached hydrogen (secondary N) is 1. The maximum atomic E-state index is 4.24. The average Bonchev–Trinajstić information content (AvgIpc) is 2.92. The lowest BCUT2D eigenvalue weighted by Crippen LogP contribution is -2.35. The first-order valence-electron chi connectivity index (χ1n) is 6.47. The van der Waals surface area contributed by atoms with Crippen molar-refractivity contribution in [1.29, 1.82) is 0 Å². The first-order chi connectivity index (χ1) is 7.72. The SMILES string of the molecule is CC(NC1CC2CCC1C2)c1cnn(C)c1. The van der Waals surface area contributed by atoms with Crippen LogP contribution in [-0.2, 0) is 7.05 Å². The van der Waals surface area contributed by atoms with Crippen LogP contribution in [0.25, 0.3) is 0 Å². The predicted molar refractivity (Wildman–Crippen MR) is 64.0 cm³/mol. The number of nitrogens with zero attached hydrogens (tertiary/aromatic N) is 2. The minimum absolute atomic E-state index is 0.443. The zero-order chi connectivity index (χ0) is 11.1. The molecule has 0 aliphatic heterocycles. The van der Waals surface area contributed by atoms with Crippen molar-refractivity contribution in [1.82, 2.24) is 15.1 Å². The molecule has 1 heterocycles. The smallest absolute Gasteiger partial charge is 0.0537 e. The van der Waals surface area contributed by atoms with E-state index < -0.39 is 0 Å². The monoisotopic (exact) mass is 219 g/mol. The van der Waals surface area contributed by atoms with Gasteiger partial charge in [0.05, 0.1) is 6.20 Å². The van der Waals surface area contributed by atoms with E-state index in [0.717, 1.165) is 17.9 Å². The van der Waals surface area contributed by atoms with Gasteiger partial charge in [-0.1, -0.05) is 6.42 Å². The molecule has 2 bridgehead atoms. The Morgan fingerprint density at radius 3 is 2.88 bits per heavy atom. The highest BCUT2D eigenvalue weighted by Gasteiger charge is 2.39. The molecule has 16 heavy (non-hydrogen) atoms. The quantitative estimate of drug-likeness (QED) is 0.845. The average molecular weight is 219 g/mol. The Bertz CT molecular complexity index is 371. The summed E-state index contributed by atoms with van der Waals surface area (Å²) < 4.78 is 1.88. The summed E-state index contributed by atoms with van der Waals surface area (Å²) in [5.74, 6) is 1.97. The molecule has 0 spiro atoms. The van der Waals surface area contributed by atoms with E-state index >= 15 is 0 Å². The van der Waals surface area contributed by atoms with Gasteiger partial charge in [0.2, 0.25) is 0 Å². The van der Waals surface area contributed by atoms with Crippen LogP contribution in [0.1, 0.15) is 44.2 Å². The number of hydrogen-bond donors (Lipinski definition) is 1. The minimum atomic E-state index is 0.443. The fourth-order valence-electron chi connectivity index (χ4n) is 3.53. The molecule has 2 aliphatic rings. The van der Waals surface area contributed by atoms with Crippen LogP contribution in [0.15, 0.2) is 12.4 Å². The maximum Gasteiger partial charge on any atom is 0.0537 e. The first kappa shape index (κ1) is 10.3. The normalized spacial score (nSPS) is 34.5. The van der Waals surface area contributed by atoms with Gasteiger partial charge in [-0.2, -0.15) is 5.10 Å². The van der Waals surface area contributed by atoms with Crippen molar-refractivity contribution in [2.24, 2.45) is 18.9 Å². The zero-order valence-electron chi connectivity index (χ0n) is 10.2. The van der Waals surface area contributed by atoms with Gasteiger partial charge in [0.25, 0.3) is 0 Å². The van der Waals surface area contributed by atoms with E-state index in [2.05, 4.69) is 23.5 Å². The van der Waals surface area contributed by atoms with E-state index in [4.69, 9.17) is 0 Å². The summed E-state index contributed by atoms with van der Waals surface area (Å²) in [7, 11) is 1.98. The lowest BCUT2D eigenvalue weighted by Gasteiger charge is -2.26. The highest BCUT2D eigenvalue weighted by molar-refractivity contribution is 5.10. The van der Waals surface area contributed by atoms with Crippen LogP contribution in [0.2, 0.25) is 0 Å². The summed E-state index contributed by atoms with van der Waals surface area (Å²) in [6.07, 6.45) is 9.88. The second-order valence-corrected chi connectivity index (χ2v) is 5.62. The summed E-state index contributed by atoms with van der Waals surface area (Å²) in [6, 6.07) is 1.20. The summed E-state index contributed by atoms with van der Waals surface area (Å²) >= 11 is 0. The highest BCUT2D eigenvalue weighted by Crippen LogP contribution is 2.45. The number of rotatable bonds is 3. The molecule has 0 aromatic carbocycles. The van der Waals surface area contributed by atoms with Gasteiger partial charge in [-0.25, -0.2) is 0 Å². The van der Waals surface area contributed by atoms with Crippen LogP contribution < -0.4 is 5.32 Å². The lowest BCUT2D eigenvalue weighted by atomic mass is 9.94. The summed E-state index contributed by atoms with van der Waals surface area (Å²) in [5, 5.41) is 8.02. The number of fused-ring (bicyclic) bond motifs is 2. The lowest BCUT2D eigenvalue weighted by molar-refractivity contribution is 0.327. The number of hydrogen-bond acceptors (Lipinski definition) is 2. The molecule has 2 aliphatic carbocycles. The first-order valence-corrected chi connectivity index (χ1v) is 6.47. The van der Waals surface area contributed by atoms with Crippen LogP contribution in [-0.4, -0.2) is 15.8 Å². The van der Waals surface area contributed by atoms with Gasteiger partial charge in [0.15, 0.2) is 0 Å². The predicted octanol–water partition coefficient (Wildman–Crippen LogP) is 2.26. The topological polar surface area (TPSA) is 29.9 Å². The van der Waals surface area contributed by atoms with Crippen molar-refractivity contribution < 1.29 is 0 Å². The summed E-state index contributed by atoms with van der Waals surface area (Å²) in [6.45, 7) is 2.25. The van der Waals surface area contributed by atoms with Gasteiger partial charge in [0.1, 0.15) is 0 Å². The molecule has 1 N–H and O–H groups in total. The van der Waals surface area contributed by atoms with Gasteiger partial charge in [-0.05, 0) is 38.0 Å². The Morgan fingerprint density at radius 2 is 2.31 bits per heavy atom. The third-order valence-electron chi connectivity index (χ3n) is 4.43. The third kappa shape index (κ3) is 1.77. The largest absolute Gasteiger partial charge is 0.307 e. The molecule has 0 saturated heterocycles. The molecule has 3 rings (SSSR count). The van der Waals surface area contributed by atoms with Crippen LogP contribution in [0.4, 0.5) is 0 Å². The Kier molecular flexibility index (Phi) is 2.51. The second kappa shape index (κ2) is 3.88. The molecule has 3 heteroatoms. The molecule has 1 aromatic heterocycles. The Hall–Kier alpha value is -0.830. The van der Waals surface area contributed by atoms with Gasteiger partial charge in [0, 0.05) is 30.9 Å². The molecule has 4 unspecified atom stereocenters. The van der Waals surface area contributed by atoms with E-state index in [-0.39, 0.29) is 0 Å². The summed E-state index contributed by atoms with van der Waals surface area (Å²) in [4.78, 5) is 0. The molecule has 2 saturated carbocycles. The molecule has 2 fully saturated rings. The molecular formula is C13H21N3. The Morgan fingerprint density at radius 1 is 1.44 bits per heavy atom. The minimum Gasteiger partial charge on any atom is -0.307 e. The van der Waals surface area contributed by atoms with Gasteiger partial charge >= 0.3 is 0 Å².